The van der Waals surface area contributed by atoms with Gasteiger partial charge < -0.3 is 0 Å². The van der Waals surface area contributed by atoms with Crippen LogP contribution in [0.2, 0.25) is 13.1 Å². The topological polar surface area (TPSA) is 18.5 Å². The third-order valence-electron chi connectivity index (χ3n) is 13.7. The van der Waals surface area contributed by atoms with Crippen molar-refractivity contribution < 1.29 is 25.0 Å². The number of hydrogen-bond acceptors (Lipinski definition) is 2. The molecule has 2 aliphatic heterocycles. The normalized spacial score (nSPS) is 22.0. The molecule has 2 aliphatic carbocycles. The molecule has 4 aromatic rings. The number of hydrogen-bond donors (Lipinski definition) is 0. The van der Waals surface area contributed by atoms with Gasteiger partial charge in [0.1, 0.15) is 0 Å². The van der Waals surface area contributed by atoms with Crippen molar-refractivity contribution >= 4 is 35.1 Å². The number of rotatable bonds is 9. The minimum atomic E-state index is -5.09. The maximum absolute atomic E-state index is 9.00. The van der Waals surface area contributed by atoms with Crippen LogP contribution in [0.15, 0.2) is 96.1 Å². The summed E-state index contributed by atoms with van der Waals surface area (Å²) in [5, 5.41) is 0. The van der Waals surface area contributed by atoms with Crippen LogP contribution in [0.1, 0.15) is 109 Å². The Morgan fingerprint density at radius 2 is 0.946 bits per heavy atom. The second-order valence-electron chi connectivity index (χ2n) is 20.9. The van der Waals surface area contributed by atoms with Crippen molar-refractivity contribution in [1.29, 1.82) is 0 Å². The van der Waals surface area contributed by atoms with E-state index in [-0.39, 0.29) is 28.9 Å². The van der Waals surface area contributed by atoms with E-state index in [9.17, 15) is 0 Å². The molecule has 56 heavy (non-hydrogen) atoms. The van der Waals surface area contributed by atoms with Gasteiger partial charge in [0, 0.05) is 0 Å². The van der Waals surface area contributed by atoms with Crippen LogP contribution in [-0.2, 0) is 35.9 Å². The van der Waals surface area contributed by atoms with Crippen molar-refractivity contribution in [3.8, 4) is 22.3 Å². The van der Waals surface area contributed by atoms with Gasteiger partial charge in [-0.15, -0.1) is 0 Å². The van der Waals surface area contributed by atoms with Crippen molar-refractivity contribution in [2.24, 2.45) is 10.8 Å². The summed E-state index contributed by atoms with van der Waals surface area (Å²) in [6.07, 6.45) is 6.95. The van der Waals surface area contributed by atoms with Crippen LogP contribution >= 0.6 is 17.0 Å². The van der Waals surface area contributed by atoms with Gasteiger partial charge in [0.05, 0.1) is 0 Å². The molecule has 0 aromatic heterocycles. The summed E-state index contributed by atoms with van der Waals surface area (Å²) in [6.45, 7) is 26.5. The SMILES string of the molecule is C[SiH](C)[Zr]([Cl])([Cl])([CH]1C(CC2(C)COC2)=Cc2c(-c3ccc(C(C)(C)C)cc3)cccc21)[CH]1C(CC2(C)COC2)=Cc2c(-c3ccc(C(C)(C)C)cc3)cccc21. The summed E-state index contributed by atoms with van der Waals surface area (Å²) in [6, 6.07) is 32.4. The van der Waals surface area contributed by atoms with E-state index >= 15 is 0 Å². The Labute approximate surface area is 345 Å². The Hall–Kier alpha value is -2.04. The Morgan fingerprint density at radius 3 is 1.23 bits per heavy atom. The summed E-state index contributed by atoms with van der Waals surface area (Å²) >= 11 is -5.09. The molecule has 2 atom stereocenters. The summed E-state index contributed by atoms with van der Waals surface area (Å²) in [5.74, 6) is -1.77. The van der Waals surface area contributed by atoms with Crippen molar-refractivity contribution in [2.75, 3.05) is 26.4 Å². The van der Waals surface area contributed by atoms with E-state index in [1.165, 1.54) is 66.8 Å². The molecule has 295 valence electrons. The minimum absolute atomic E-state index is 0.0205. The monoisotopic (exact) mass is 881 g/mol. The van der Waals surface area contributed by atoms with Crippen LogP contribution in [0, 0.1) is 10.8 Å². The second kappa shape index (κ2) is 14.0. The summed E-state index contributed by atoms with van der Waals surface area (Å²) in [4.78, 5) is 0. The first-order valence-electron chi connectivity index (χ1n) is 20.8. The van der Waals surface area contributed by atoms with Gasteiger partial charge in [-0.25, -0.2) is 0 Å². The molecule has 0 amide bonds. The Morgan fingerprint density at radius 1 is 0.589 bits per heavy atom. The molecular formula is C50H61Cl2O2SiZr. The van der Waals surface area contributed by atoms with Crippen LogP contribution in [0.5, 0.6) is 0 Å². The van der Waals surface area contributed by atoms with Crippen LogP contribution < -0.4 is 0 Å². The van der Waals surface area contributed by atoms with E-state index in [0.29, 0.717) is 0 Å². The zero-order valence-corrected chi connectivity index (χ0v) is 40.4. The van der Waals surface area contributed by atoms with E-state index in [1.807, 2.05) is 0 Å². The van der Waals surface area contributed by atoms with Gasteiger partial charge in [-0.05, 0) is 0 Å². The van der Waals surface area contributed by atoms with Crippen molar-refractivity contribution in [1.82, 2.24) is 0 Å². The van der Waals surface area contributed by atoms with Gasteiger partial charge in [0.15, 0.2) is 0 Å². The summed E-state index contributed by atoms with van der Waals surface area (Å²) < 4.78 is 11.8. The zero-order valence-electron chi connectivity index (χ0n) is 35.3. The van der Waals surface area contributed by atoms with Crippen LogP contribution in [-0.4, -0.2) is 32.4 Å². The fraction of sp³-hybridized carbons (Fsp3) is 0.440. The molecule has 8 rings (SSSR count). The number of halogens is 2. The van der Waals surface area contributed by atoms with E-state index in [4.69, 9.17) is 26.5 Å². The Balaban J connectivity index is 1.32. The number of ether oxygens (including phenoxy) is 2. The third-order valence-corrected chi connectivity index (χ3v) is 65.5. The summed E-state index contributed by atoms with van der Waals surface area (Å²) in [5.41, 5.74) is 16.2. The first-order chi connectivity index (χ1) is 26.2. The first-order valence-corrected chi connectivity index (χ1v) is 37.1. The number of fused-ring (bicyclic) bond motifs is 2. The molecule has 2 fully saturated rings. The average Bonchev–Trinajstić information content (AvgIpc) is 3.68. The van der Waals surface area contributed by atoms with Gasteiger partial charge in [-0.1, -0.05) is 0 Å². The molecule has 4 aliphatic rings. The third kappa shape index (κ3) is 6.89. The van der Waals surface area contributed by atoms with E-state index in [0.717, 1.165) is 39.3 Å². The van der Waals surface area contributed by atoms with E-state index in [2.05, 4.69) is 166 Å². The standard InChI is InChI=1S/2C24H27O.C2H7Si.2ClH.Zr/c2*1-23(2,3)20-10-8-18(9-11-20)21-7-5-6-19-12-17(13-22(19)21)14-24(4)15-25-16-24;1-3-2;;;/h2*5-13H,14-16H2,1-4H3;3H,1-2H3;2*1H;/q;;;;;+2/p-2. The number of allylic oxidation sites excluding steroid dienone is 2. The molecule has 0 saturated carbocycles. The van der Waals surface area contributed by atoms with Crippen molar-refractivity contribution in [3.05, 3.63) is 129 Å². The van der Waals surface area contributed by atoms with Gasteiger partial charge in [0.25, 0.3) is 0 Å². The van der Waals surface area contributed by atoms with E-state index < -0.39 is 21.5 Å². The Kier molecular flexibility index (Phi) is 10.2. The maximum atomic E-state index is 9.00. The van der Waals surface area contributed by atoms with Crippen LogP contribution in [0.3, 0.4) is 0 Å². The van der Waals surface area contributed by atoms with Gasteiger partial charge >= 0.3 is 349 Å². The molecule has 6 heteroatoms. The first kappa shape index (κ1) is 40.7. The van der Waals surface area contributed by atoms with Crippen molar-refractivity contribution in [3.63, 3.8) is 0 Å². The fourth-order valence-corrected chi connectivity index (χ4v) is 41.6. The Bertz CT molecular complexity index is 2080. The quantitative estimate of drug-likeness (QED) is 0.156. The van der Waals surface area contributed by atoms with E-state index in [1.54, 1.807) is 0 Å². The predicted octanol–water partition coefficient (Wildman–Crippen LogP) is 14.0. The fourth-order valence-electron chi connectivity index (χ4n) is 10.3. The van der Waals surface area contributed by atoms with Gasteiger partial charge in [-0.2, -0.15) is 0 Å². The molecule has 0 bridgehead atoms. The molecule has 0 N–H and O–H groups in total. The molecule has 2 unspecified atom stereocenters. The van der Waals surface area contributed by atoms with Crippen LogP contribution in [0.4, 0.5) is 0 Å². The number of benzene rings is 4. The van der Waals surface area contributed by atoms with Crippen LogP contribution in [0.25, 0.3) is 34.4 Å². The second-order valence-corrected chi connectivity index (χ2v) is 63.4. The molecule has 0 radical (unpaired) electrons. The molecule has 2 saturated heterocycles. The average molecular weight is 884 g/mol. The molecule has 2 heterocycles. The van der Waals surface area contributed by atoms with Gasteiger partial charge in [0.2, 0.25) is 0 Å². The summed E-state index contributed by atoms with van der Waals surface area (Å²) in [7, 11) is 18.0. The molecule has 2 nitrogen and oxygen atoms in total. The zero-order chi connectivity index (χ0) is 40.1. The molecule has 0 spiro atoms. The van der Waals surface area contributed by atoms with Gasteiger partial charge in [-0.3, -0.25) is 0 Å². The predicted molar refractivity (Wildman–Crippen MR) is 240 cm³/mol. The van der Waals surface area contributed by atoms with Crippen molar-refractivity contribution in [2.45, 2.75) is 99.4 Å². The molecular weight excluding hydrogens is 823 g/mol. The molecule has 4 aromatic carbocycles.